The number of aromatic nitrogens is 1. The van der Waals surface area contributed by atoms with Crippen LogP contribution in [0.3, 0.4) is 0 Å². The number of hydrogen-bond donors (Lipinski definition) is 3. The molecule has 0 aliphatic carbocycles. The van der Waals surface area contributed by atoms with E-state index in [2.05, 4.69) is 72.6 Å². The van der Waals surface area contributed by atoms with E-state index in [4.69, 9.17) is 5.73 Å². The van der Waals surface area contributed by atoms with Gasteiger partial charge in [0.05, 0.1) is 0 Å². The van der Waals surface area contributed by atoms with Crippen molar-refractivity contribution < 1.29 is 0 Å². The summed E-state index contributed by atoms with van der Waals surface area (Å²) in [6, 6.07) is 12.7. The predicted octanol–water partition coefficient (Wildman–Crippen LogP) is 4.68. The summed E-state index contributed by atoms with van der Waals surface area (Å²) in [6.45, 7) is 6.94. The minimum atomic E-state index is 0. The van der Waals surface area contributed by atoms with Crippen molar-refractivity contribution in [2.75, 3.05) is 11.9 Å². The highest BCUT2D eigenvalue weighted by Crippen LogP contribution is 2.20. The number of nitrogens with one attached hydrogen (secondary N) is 2. The van der Waals surface area contributed by atoms with E-state index in [9.17, 15) is 0 Å². The van der Waals surface area contributed by atoms with Crippen LogP contribution in [-0.2, 0) is 6.42 Å². The lowest BCUT2D eigenvalue weighted by Gasteiger charge is -2.08. The molecule has 1 aromatic heterocycles. The fourth-order valence-corrected chi connectivity index (χ4v) is 2.81. The topological polar surface area (TPSA) is 66.2 Å². The van der Waals surface area contributed by atoms with Crippen LogP contribution < -0.4 is 11.1 Å². The average molecular weight is 448 g/mol. The molecule has 4 nitrogen and oxygen atoms in total. The molecule has 0 radical (unpaired) electrons. The van der Waals surface area contributed by atoms with E-state index in [1.807, 2.05) is 6.07 Å². The molecule has 0 saturated carbocycles. The monoisotopic (exact) mass is 448 g/mol. The van der Waals surface area contributed by atoms with Crippen molar-refractivity contribution in [2.24, 2.45) is 10.7 Å². The number of benzene rings is 2. The van der Waals surface area contributed by atoms with Gasteiger partial charge in [0.25, 0.3) is 0 Å². The van der Waals surface area contributed by atoms with Crippen molar-refractivity contribution in [1.29, 1.82) is 0 Å². The minimum absolute atomic E-state index is 0. The van der Waals surface area contributed by atoms with Crippen LogP contribution >= 0.6 is 24.0 Å². The minimum Gasteiger partial charge on any atom is -0.370 e. The SMILES string of the molecule is Cc1ccc2c(CCN=C(N)Nc3ccc(C)c(C)c3)c[nH]c2c1.I. The molecule has 0 atom stereocenters. The van der Waals surface area contributed by atoms with Gasteiger partial charge in [0.1, 0.15) is 0 Å². The molecule has 1 heterocycles. The summed E-state index contributed by atoms with van der Waals surface area (Å²) < 4.78 is 0. The Labute approximate surface area is 165 Å². The fourth-order valence-electron chi connectivity index (χ4n) is 2.81. The Balaban J connectivity index is 0.00000225. The highest BCUT2D eigenvalue weighted by molar-refractivity contribution is 14.0. The van der Waals surface area contributed by atoms with Crippen LogP contribution in [-0.4, -0.2) is 17.5 Å². The van der Waals surface area contributed by atoms with E-state index in [-0.39, 0.29) is 24.0 Å². The summed E-state index contributed by atoms with van der Waals surface area (Å²) in [6.07, 6.45) is 2.92. The van der Waals surface area contributed by atoms with Gasteiger partial charge >= 0.3 is 0 Å². The van der Waals surface area contributed by atoms with Crippen LogP contribution in [0.5, 0.6) is 0 Å². The Morgan fingerprint density at radius 3 is 2.64 bits per heavy atom. The van der Waals surface area contributed by atoms with Crippen LogP contribution in [0.4, 0.5) is 5.69 Å². The van der Waals surface area contributed by atoms with Crippen molar-refractivity contribution >= 4 is 46.5 Å². The van der Waals surface area contributed by atoms with Gasteiger partial charge in [-0.05, 0) is 67.6 Å². The van der Waals surface area contributed by atoms with Crippen LogP contribution in [0.2, 0.25) is 0 Å². The summed E-state index contributed by atoms with van der Waals surface area (Å²) in [7, 11) is 0. The number of anilines is 1. The second kappa shape index (κ2) is 8.38. The molecule has 4 N–H and O–H groups in total. The van der Waals surface area contributed by atoms with E-state index >= 15 is 0 Å². The van der Waals surface area contributed by atoms with E-state index in [1.165, 1.54) is 33.2 Å². The molecular formula is C20H25IN4. The number of halogens is 1. The van der Waals surface area contributed by atoms with Gasteiger partial charge in [-0.15, -0.1) is 24.0 Å². The quantitative estimate of drug-likeness (QED) is 0.308. The Morgan fingerprint density at radius 2 is 1.88 bits per heavy atom. The van der Waals surface area contributed by atoms with Gasteiger partial charge in [-0.25, -0.2) is 0 Å². The molecule has 0 aliphatic rings. The third-order valence-electron chi connectivity index (χ3n) is 4.37. The fraction of sp³-hybridized carbons (Fsp3) is 0.250. The normalized spacial score (nSPS) is 11.4. The first kappa shape index (κ1) is 19.3. The largest absolute Gasteiger partial charge is 0.370 e. The zero-order valence-electron chi connectivity index (χ0n) is 14.9. The molecule has 0 bridgehead atoms. The maximum Gasteiger partial charge on any atom is 0.193 e. The molecule has 0 fully saturated rings. The zero-order valence-corrected chi connectivity index (χ0v) is 17.2. The van der Waals surface area contributed by atoms with Gasteiger partial charge in [0.2, 0.25) is 0 Å². The molecule has 0 aliphatic heterocycles. The Kier molecular flexibility index (Phi) is 6.47. The first-order valence-electron chi connectivity index (χ1n) is 8.24. The van der Waals surface area contributed by atoms with Gasteiger partial charge < -0.3 is 16.0 Å². The lowest BCUT2D eigenvalue weighted by molar-refractivity contribution is 0.972. The number of aromatic amines is 1. The summed E-state index contributed by atoms with van der Waals surface area (Å²) in [4.78, 5) is 7.76. The molecule has 0 amide bonds. The second-order valence-electron chi connectivity index (χ2n) is 6.30. The lowest BCUT2D eigenvalue weighted by atomic mass is 10.1. The third-order valence-corrected chi connectivity index (χ3v) is 4.37. The summed E-state index contributed by atoms with van der Waals surface area (Å²) in [5.74, 6) is 0.453. The molecule has 5 heteroatoms. The number of nitrogens with two attached hydrogens (primary N) is 1. The Morgan fingerprint density at radius 1 is 1.08 bits per heavy atom. The number of aryl methyl sites for hydroxylation is 3. The average Bonchev–Trinajstić information content (AvgIpc) is 2.93. The molecule has 3 rings (SSSR count). The number of H-pyrrole nitrogens is 1. The van der Waals surface area contributed by atoms with Crippen molar-refractivity contribution in [2.45, 2.75) is 27.2 Å². The molecule has 3 aromatic rings. The van der Waals surface area contributed by atoms with Gasteiger partial charge in [-0.1, -0.05) is 18.2 Å². The third kappa shape index (κ3) is 4.75. The van der Waals surface area contributed by atoms with Crippen molar-refractivity contribution in [3.63, 3.8) is 0 Å². The molecular weight excluding hydrogens is 423 g/mol. The van der Waals surface area contributed by atoms with Crippen LogP contribution in [0.1, 0.15) is 22.3 Å². The number of guanidine groups is 1. The maximum absolute atomic E-state index is 6.00. The molecule has 0 saturated heterocycles. The Hall–Kier alpha value is -2.02. The van der Waals surface area contributed by atoms with Crippen molar-refractivity contribution in [3.8, 4) is 0 Å². The highest BCUT2D eigenvalue weighted by Gasteiger charge is 2.03. The summed E-state index contributed by atoms with van der Waals surface area (Å²) >= 11 is 0. The first-order valence-corrected chi connectivity index (χ1v) is 8.24. The number of nitrogens with zero attached hydrogens (tertiary/aromatic N) is 1. The van der Waals surface area contributed by atoms with Crippen LogP contribution in [0, 0.1) is 20.8 Å². The standard InChI is InChI=1S/C20H24N4.HI/c1-13-4-7-18-16(12-23-19(18)10-13)8-9-22-20(21)24-17-6-5-14(2)15(3)11-17;/h4-7,10-12,23H,8-9H2,1-3H3,(H3,21,22,24);1H. The number of aliphatic imine (C=N–C) groups is 1. The highest BCUT2D eigenvalue weighted by atomic mass is 127. The van der Waals surface area contributed by atoms with Crippen molar-refractivity contribution in [1.82, 2.24) is 4.98 Å². The van der Waals surface area contributed by atoms with E-state index < -0.39 is 0 Å². The van der Waals surface area contributed by atoms with E-state index in [0.717, 1.165) is 12.1 Å². The lowest BCUT2D eigenvalue weighted by Crippen LogP contribution is -2.23. The molecule has 0 unspecified atom stereocenters. The first-order chi connectivity index (χ1) is 11.5. The number of fused-ring (bicyclic) bond motifs is 1. The van der Waals surface area contributed by atoms with Crippen LogP contribution in [0.15, 0.2) is 47.6 Å². The molecule has 25 heavy (non-hydrogen) atoms. The number of rotatable bonds is 4. The maximum atomic E-state index is 6.00. The molecule has 0 spiro atoms. The van der Waals surface area contributed by atoms with Crippen molar-refractivity contribution in [3.05, 3.63) is 64.8 Å². The second-order valence-corrected chi connectivity index (χ2v) is 6.30. The Bertz CT molecular complexity index is 896. The van der Waals surface area contributed by atoms with Gasteiger partial charge in [-0.2, -0.15) is 0 Å². The number of hydrogen-bond acceptors (Lipinski definition) is 1. The molecule has 2 aromatic carbocycles. The predicted molar refractivity (Wildman–Crippen MR) is 118 cm³/mol. The van der Waals surface area contributed by atoms with Gasteiger partial charge in [-0.3, -0.25) is 4.99 Å². The van der Waals surface area contributed by atoms with Crippen LogP contribution in [0.25, 0.3) is 10.9 Å². The smallest absolute Gasteiger partial charge is 0.193 e. The summed E-state index contributed by atoms with van der Waals surface area (Å²) in [5.41, 5.74) is 13.2. The van der Waals surface area contributed by atoms with E-state index in [1.54, 1.807) is 0 Å². The van der Waals surface area contributed by atoms with E-state index in [0.29, 0.717) is 12.5 Å². The molecule has 132 valence electrons. The van der Waals surface area contributed by atoms with Gasteiger partial charge in [0, 0.05) is 29.3 Å². The van der Waals surface area contributed by atoms with Gasteiger partial charge in [0.15, 0.2) is 5.96 Å². The summed E-state index contributed by atoms with van der Waals surface area (Å²) in [5, 5.41) is 4.42. The zero-order chi connectivity index (χ0) is 17.1.